The van der Waals surface area contributed by atoms with Crippen molar-refractivity contribution in [1.82, 2.24) is 10.1 Å². The molecule has 15 heavy (non-hydrogen) atoms. The van der Waals surface area contributed by atoms with Gasteiger partial charge in [-0.3, -0.25) is 0 Å². The first-order valence-corrected chi connectivity index (χ1v) is 4.10. The lowest BCUT2D eigenvalue weighted by Gasteiger charge is -1.92. The molecular formula is C8H8F2N2O3. The Balaban J connectivity index is 2.60. The van der Waals surface area contributed by atoms with E-state index >= 15 is 0 Å². The number of halogens is 2. The van der Waals surface area contributed by atoms with E-state index in [4.69, 9.17) is 0 Å². The molecule has 0 saturated carbocycles. The number of hydrogen-bond acceptors (Lipinski definition) is 5. The van der Waals surface area contributed by atoms with E-state index in [1.54, 1.807) is 6.92 Å². The minimum Gasteiger partial charge on any atom is -0.463 e. The van der Waals surface area contributed by atoms with Crippen LogP contribution in [-0.4, -0.2) is 22.7 Å². The van der Waals surface area contributed by atoms with Gasteiger partial charge in [-0.1, -0.05) is 5.16 Å². The highest BCUT2D eigenvalue weighted by Crippen LogP contribution is 2.14. The zero-order chi connectivity index (χ0) is 11.3. The van der Waals surface area contributed by atoms with E-state index in [9.17, 15) is 13.6 Å². The molecule has 0 saturated heterocycles. The van der Waals surface area contributed by atoms with E-state index in [-0.39, 0.29) is 12.5 Å². The third-order valence-corrected chi connectivity index (χ3v) is 1.30. The van der Waals surface area contributed by atoms with Gasteiger partial charge in [-0.2, -0.15) is 4.98 Å². The predicted molar refractivity (Wildman–Crippen MR) is 44.9 cm³/mol. The van der Waals surface area contributed by atoms with Crippen LogP contribution >= 0.6 is 0 Å². The molecule has 0 aromatic carbocycles. The number of nitrogens with zero attached hydrogens (tertiary/aromatic N) is 2. The van der Waals surface area contributed by atoms with Crippen LogP contribution in [0.4, 0.5) is 8.78 Å². The summed E-state index contributed by atoms with van der Waals surface area (Å²) in [5, 5.41) is 3.00. The minimum absolute atomic E-state index is 0.168. The number of rotatable bonds is 4. The van der Waals surface area contributed by atoms with Gasteiger partial charge >= 0.3 is 12.4 Å². The average Bonchev–Trinajstić information content (AvgIpc) is 2.63. The molecule has 0 spiro atoms. The summed E-state index contributed by atoms with van der Waals surface area (Å²) < 4.78 is 33.0. The van der Waals surface area contributed by atoms with Crippen molar-refractivity contribution in [1.29, 1.82) is 0 Å². The summed E-state index contributed by atoms with van der Waals surface area (Å²) in [7, 11) is 0. The summed E-state index contributed by atoms with van der Waals surface area (Å²) in [5.41, 5.74) is 0. The molecule has 5 nitrogen and oxygen atoms in total. The third kappa shape index (κ3) is 3.45. The summed E-state index contributed by atoms with van der Waals surface area (Å²) in [4.78, 5) is 14.1. The molecule has 1 aromatic rings. The van der Waals surface area contributed by atoms with Gasteiger partial charge in [-0.05, 0) is 6.92 Å². The smallest absolute Gasteiger partial charge is 0.330 e. The van der Waals surface area contributed by atoms with Gasteiger partial charge in [0.2, 0.25) is 5.82 Å². The maximum absolute atomic E-state index is 12.0. The largest absolute Gasteiger partial charge is 0.463 e. The van der Waals surface area contributed by atoms with Crippen LogP contribution in [0.5, 0.6) is 0 Å². The lowest BCUT2D eigenvalue weighted by molar-refractivity contribution is -0.137. The number of alkyl halides is 2. The first-order valence-electron chi connectivity index (χ1n) is 4.10. The Morgan fingerprint density at radius 3 is 2.93 bits per heavy atom. The van der Waals surface area contributed by atoms with Gasteiger partial charge in [0.15, 0.2) is 0 Å². The lowest BCUT2D eigenvalue weighted by Crippen LogP contribution is -1.98. The van der Waals surface area contributed by atoms with Crippen LogP contribution < -0.4 is 0 Å². The Hall–Kier alpha value is -1.79. The van der Waals surface area contributed by atoms with Crippen molar-refractivity contribution in [2.75, 3.05) is 6.61 Å². The van der Waals surface area contributed by atoms with Crippen molar-refractivity contribution in [3.63, 3.8) is 0 Å². The molecule has 0 N–H and O–H groups in total. The topological polar surface area (TPSA) is 65.2 Å². The van der Waals surface area contributed by atoms with Crippen LogP contribution in [0.3, 0.4) is 0 Å². The fraction of sp³-hybridized carbons (Fsp3) is 0.375. The number of hydrogen-bond donors (Lipinski definition) is 0. The monoisotopic (exact) mass is 218 g/mol. The lowest BCUT2D eigenvalue weighted by atomic mass is 10.5. The zero-order valence-corrected chi connectivity index (χ0v) is 7.81. The van der Waals surface area contributed by atoms with Crippen molar-refractivity contribution >= 4 is 12.0 Å². The molecule has 0 fully saturated rings. The van der Waals surface area contributed by atoms with Gasteiger partial charge in [0.05, 0.1) is 6.61 Å². The Kier molecular flexibility index (Phi) is 3.90. The van der Waals surface area contributed by atoms with E-state index in [0.717, 1.165) is 12.2 Å². The summed E-state index contributed by atoms with van der Waals surface area (Å²) >= 11 is 0. The zero-order valence-electron chi connectivity index (χ0n) is 7.81. The SMILES string of the molecule is CCOC(=O)/C=C/c1nc(C(F)F)no1. The maximum Gasteiger partial charge on any atom is 0.330 e. The van der Waals surface area contributed by atoms with Crippen molar-refractivity contribution in [3.8, 4) is 0 Å². The highest BCUT2D eigenvalue weighted by Gasteiger charge is 2.14. The van der Waals surface area contributed by atoms with Gasteiger partial charge < -0.3 is 9.26 Å². The second kappa shape index (κ2) is 5.18. The molecule has 0 aliphatic heterocycles. The first kappa shape index (κ1) is 11.3. The fourth-order valence-corrected chi connectivity index (χ4v) is 0.733. The molecular weight excluding hydrogens is 210 g/mol. The quantitative estimate of drug-likeness (QED) is 0.567. The second-order valence-electron chi connectivity index (χ2n) is 2.38. The summed E-state index contributed by atoms with van der Waals surface area (Å²) in [6.45, 7) is 1.88. The fourth-order valence-electron chi connectivity index (χ4n) is 0.733. The van der Waals surface area contributed by atoms with Crippen molar-refractivity contribution in [2.45, 2.75) is 13.3 Å². The summed E-state index contributed by atoms with van der Waals surface area (Å²) in [5.74, 6) is -1.48. The molecule has 0 atom stereocenters. The molecule has 0 aliphatic rings. The Morgan fingerprint density at radius 2 is 2.40 bits per heavy atom. The Bertz CT molecular complexity index is 363. The third-order valence-electron chi connectivity index (χ3n) is 1.30. The highest BCUT2D eigenvalue weighted by molar-refractivity contribution is 5.86. The number of ether oxygens (including phenoxy) is 1. The molecule has 0 amide bonds. The van der Waals surface area contributed by atoms with Gasteiger partial charge in [-0.15, -0.1) is 0 Å². The minimum atomic E-state index is -2.79. The van der Waals surface area contributed by atoms with Crippen LogP contribution in [0.25, 0.3) is 6.08 Å². The number of aromatic nitrogens is 2. The number of esters is 1. The average molecular weight is 218 g/mol. The number of carbonyl (C=O) groups excluding carboxylic acids is 1. The first-order chi connectivity index (χ1) is 7.13. The van der Waals surface area contributed by atoms with Gasteiger partial charge in [0.25, 0.3) is 5.89 Å². The summed E-state index contributed by atoms with van der Waals surface area (Å²) in [6.07, 6.45) is -0.665. The van der Waals surface area contributed by atoms with E-state index in [0.29, 0.717) is 0 Å². The molecule has 0 aliphatic carbocycles. The van der Waals surface area contributed by atoms with E-state index in [1.165, 1.54) is 0 Å². The highest BCUT2D eigenvalue weighted by atomic mass is 19.3. The normalized spacial score (nSPS) is 11.2. The molecule has 1 aromatic heterocycles. The standard InChI is InChI=1S/C8H8F2N2O3/c1-2-14-6(13)4-3-5-11-8(7(9)10)12-15-5/h3-4,7H,2H2,1H3/b4-3+. The van der Waals surface area contributed by atoms with Crippen LogP contribution in [-0.2, 0) is 9.53 Å². The van der Waals surface area contributed by atoms with E-state index < -0.39 is 18.2 Å². The van der Waals surface area contributed by atoms with E-state index in [1.807, 2.05) is 0 Å². The van der Waals surface area contributed by atoms with Crippen molar-refractivity contribution < 1.29 is 22.8 Å². The van der Waals surface area contributed by atoms with Crippen molar-refractivity contribution in [3.05, 3.63) is 17.8 Å². The molecule has 0 unspecified atom stereocenters. The summed E-state index contributed by atoms with van der Waals surface area (Å²) in [6, 6.07) is 0. The van der Waals surface area contributed by atoms with Crippen molar-refractivity contribution in [2.24, 2.45) is 0 Å². The molecule has 1 heterocycles. The van der Waals surface area contributed by atoms with Gasteiger partial charge in [-0.25, -0.2) is 13.6 Å². The molecule has 7 heteroatoms. The van der Waals surface area contributed by atoms with Crippen LogP contribution in [0, 0.1) is 0 Å². The van der Waals surface area contributed by atoms with Gasteiger partial charge in [0, 0.05) is 12.2 Å². The van der Waals surface area contributed by atoms with Crippen LogP contribution in [0.15, 0.2) is 10.6 Å². The molecule has 0 bridgehead atoms. The van der Waals surface area contributed by atoms with Crippen LogP contribution in [0.1, 0.15) is 25.1 Å². The second-order valence-corrected chi connectivity index (χ2v) is 2.38. The maximum atomic E-state index is 12.0. The molecule has 0 radical (unpaired) electrons. The molecule has 1 rings (SSSR count). The number of carbonyl (C=O) groups is 1. The van der Waals surface area contributed by atoms with Gasteiger partial charge in [0.1, 0.15) is 0 Å². The Morgan fingerprint density at radius 1 is 1.67 bits per heavy atom. The predicted octanol–water partition coefficient (Wildman–Crippen LogP) is 1.58. The van der Waals surface area contributed by atoms with E-state index in [2.05, 4.69) is 19.4 Å². The molecule has 82 valence electrons. The van der Waals surface area contributed by atoms with Crippen LogP contribution in [0.2, 0.25) is 0 Å². The Labute approximate surface area is 83.7 Å².